The van der Waals surface area contributed by atoms with Crippen molar-refractivity contribution in [3.05, 3.63) is 34.4 Å². The topological polar surface area (TPSA) is 49.6 Å². The van der Waals surface area contributed by atoms with Gasteiger partial charge in [-0.25, -0.2) is 0 Å². The molecule has 5 nitrogen and oxygen atoms in total. The molecule has 3 rings (SSSR count). The highest BCUT2D eigenvalue weighted by Crippen LogP contribution is 2.26. The number of aromatic nitrogens is 1. The molecule has 1 aromatic heterocycles. The largest absolute Gasteiger partial charge is 0.370 e. The van der Waals surface area contributed by atoms with Crippen molar-refractivity contribution in [2.75, 3.05) is 27.2 Å². The summed E-state index contributed by atoms with van der Waals surface area (Å²) in [5.74, 6) is 0.984. The molecular weight excluding hydrogens is 332 g/mol. The van der Waals surface area contributed by atoms with Gasteiger partial charge in [-0.15, -0.1) is 0 Å². The number of amides is 1. The van der Waals surface area contributed by atoms with Crippen LogP contribution in [0.1, 0.15) is 10.4 Å². The molecule has 0 radical (unpaired) electrons. The number of hydrogen-bond acceptors (Lipinski definition) is 3. The summed E-state index contributed by atoms with van der Waals surface area (Å²) < 4.78 is 3.08. The van der Waals surface area contributed by atoms with Crippen molar-refractivity contribution in [2.45, 2.75) is 6.54 Å². The number of benzene rings is 1. The summed E-state index contributed by atoms with van der Waals surface area (Å²) in [6.07, 6.45) is 1.92. The van der Waals surface area contributed by atoms with Gasteiger partial charge in [-0.1, -0.05) is 22.0 Å². The molecule has 0 fully saturated rings. The number of nitrogens with zero attached hydrogens (tertiary/aromatic N) is 3. The molecule has 1 amide bonds. The third-order valence-electron chi connectivity index (χ3n) is 3.54. The number of rotatable bonds is 3. The van der Waals surface area contributed by atoms with E-state index in [2.05, 4.69) is 30.8 Å². The lowest BCUT2D eigenvalue weighted by atomic mass is 10.1. The molecule has 1 aliphatic rings. The Labute approximate surface area is 131 Å². The Morgan fingerprint density at radius 3 is 2.95 bits per heavy atom. The smallest absolute Gasteiger partial charge is 0.255 e. The second-order valence-corrected chi connectivity index (χ2v) is 6.20. The number of halogens is 1. The number of carbonyl (C=O) groups excluding carboxylic acids is 1. The van der Waals surface area contributed by atoms with Crippen LogP contribution in [0.4, 0.5) is 0 Å². The van der Waals surface area contributed by atoms with E-state index in [0.29, 0.717) is 6.54 Å². The van der Waals surface area contributed by atoms with Crippen molar-refractivity contribution < 1.29 is 4.79 Å². The van der Waals surface area contributed by atoms with Gasteiger partial charge in [-0.2, -0.15) is 0 Å². The molecule has 0 spiro atoms. The van der Waals surface area contributed by atoms with Crippen LogP contribution in [0.25, 0.3) is 10.9 Å². The van der Waals surface area contributed by atoms with E-state index >= 15 is 0 Å². The fourth-order valence-electron chi connectivity index (χ4n) is 2.52. The van der Waals surface area contributed by atoms with Crippen LogP contribution in [0, 0.1) is 0 Å². The highest BCUT2D eigenvalue weighted by molar-refractivity contribution is 9.10. The molecule has 0 atom stereocenters. The quantitative estimate of drug-likeness (QED) is 0.923. The fourth-order valence-corrected chi connectivity index (χ4v) is 2.87. The maximum atomic E-state index is 12.3. The van der Waals surface area contributed by atoms with Gasteiger partial charge in [0.25, 0.3) is 5.91 Å². The molecule has 2 heterocycles. The first-order valence-corrected chi connectivity index (χ1v) is 7.63. The maximum Gasteiger partial charge on any atom is 0.255 e. The molecular formula is C15H17BrN4O. The Morgan fingerprint density at radius 2 is 2.29 bits per heavy atom. The molecule has 1 N–H and O–H groups in total. The van der Waals surface area contributed by atoms with Gasteiger partial charge in [0.15, 0.2) is 0 Å². The molecule has 0 saturated carbocycles. The van der Waals surface area contributed by atoms with Crippen molar-refractivity contribution in [3.63, 3.8) is 0 Å². The lowest BCUT2D eigenvalue weighted by Crippen LogP contribution is -2.23. The molecule has 21 heavy (non-hydrogen) atoms. The van der Waals surface area contributed by atoms with Crippen molar-refractivity contribution in [1.82, 2.24) is 14.8 Å². The van der Waals surface area contributed by atoms with E-state index in [1.54, 1.807) is 19.0 Å². The number of amidine groups is 1. The van der Waals surface area contributed by atoms with Crippen molar-refractivity contribution in [3.8, 4) is 0 Å². The molecule has 0 saturated heterocycles. The van der Waals surface area contributed by atoms with E-state index in [4.69, 9.17) is 0 Å². The van der Waals surface area contributed by atoms with Crippen molar-refractivity contribution >= 4 is 38.6 Å². The van der Waals surface area contributed by atoms with E-state index in [-0.39, 0.29) is 5.91 Å². The normalized spacial score (nSPS) is 14.1. The fraction of sp³-hybridized carbons (Fsp3) is 0.333. The average molecular weight is 349 g/mol. The summed E-state index contributed by atoms with van der Waals surface area (Å²) in [4.78, 5) is 18.4. The predicted octanol–water partition coefficient (Wildman–Crippen LogP) is 2.11. The summed E-state index contributed by atoms with van der Waals surface area (Å²) in [5, 5.41) is 4.24. The zero-order chi connectivity index (χ0) is 15.0. The van der Waals surface area contributed by atoms with Gasteiger partial charge in [-0.3, -0.25) is 9.79 Å². The van der Waals surface area contributed by atoms with Gasteiger partial charge < -0.3 is 14.8 Å². The first kappa shape index (κ1) is 14.1. The van der Waals surface area contributed by atoms with E-state index in [1.807, 2.05) is 24.4 Å². The standard InChI is InChI=1S/C15H17BrN4O/c1-19(2)15(21)12-8-20(9-14-17-5-6-18-14)13-7-10(16)3-4-11(12)13/h3-4,7-8H,5-6,9H2,1-2H3,(H,17,18). The monoisotopic (exact) mass is 348 g/mol. The summed E-state index contributed by atoms with van der Waals surface area (Å²) in [5.41, 5.74) is 1.76. The Balaban J connectivity index is 2.10. The van der Waals surface area contributed by atoms with E-state index < -0.39 is 0 Å². The van der Waals surface area contributed by atoms with Crippen LogP contribution >= 0.6 is 15.9 Å². The molecule has 0 unspecified atom stereocenters. The summed E-state index contributed by atoms with van der Waals surface area (Å²) in [6.45, 7) is 2.37. The van der Waals surface area contributed by atoms with Crippen LogP contribution in [-0.2, 0) is 6.54 Å². The van der Waals surface area contributed by atoms with Crippen LogP contribution < -0.4 is 5.32 Å². The molecule has 1 aliphatic heterocycles. The minimum Gasteiger partial charge on any atom is -0.370 e. The number of carbonyl (C=O) groups is 1. The van der Waals surface area contributed by atoms with E-state index in [0.717, 1.165) is 39.9 Å². The number of hydrogen-bond donors (Lipinski definition) is 1. The Hall–Kier alpha value is -1.82. The Morgan fingerprint density at radius 1 is 1.48 bits per heavy atom. The van der Waals surface area contributed by atoms with Crippen LogP contribution in [0.3, 0.4) is 0 Å². The maximum absolute atomic E-state index is 12.3. The SMILES string of the molecule is CN(C)C(=O)c1cn(CC2=NCCN2)c2cc(Br)ccc12. The zero-order valence-corrected chi connectivity index (χ0v) is 13.6. The second-order valence-electron chi connectivity index (χ2n) is 5.29. The summed E-state index contributed by atoms with van der Waals surface area (Å²) >= 11 is 3.50. The summed E-state index contributed by atoms with van der Waals surface area (Å²) in [7, 11) is 3.54. The first-order chi connectivity index (χ1) is 10.1. The molecule has 0 aliphatic carbocycles. The van der Waals surface area contributed by atoms with Crippen molar-refractivity contribution in [2.24, 2.45) is 4.99 Å². The lowest BCUT2D eigenvalue weighted by molar-refractivity contribution is 0.0829. The first-order valence-electron chi connectivity index (χ1n) is 6.83. The van der Waals surface area contributed by atoms with Crippen LogP contribution in [0.5, 0.6) is 0 Å². The third kappa shape index (κ3) is 2.68. The second kappa shape index (κ2) is 5.52. The minimum atomic E-state index is 0.0161. The minimum absolute atomic E-state index is 0.0161. The summed E-state index contributed by atoms with van der Waals surface area (Å²) in [6, 6.07) is 5.98. The Kier molecular flexibility index (Phi) is 3.71. The van der Waals surface area contributed by atoms with Crippen LogP contribution in [0.2, 0.25) is 0 Å². The van der Waals surface area contributed by atoms with Crippen molar-refractivity contribution in [1.29, 1.82) is 0 Å². The van der Waals surface area contributed by atoms with Crippen LogP contribution in [-0.4, -0.2) is 48.4 Å². The molecule has 6 heteroatoms. The Bertz CT molecular complexity index is 733. The molecule has 110 valence electrons. The van der Waals surface area contributed by atoms with E-state index in [9.17, 15) is 4.79 Å². The zero-order valence-electron chi connectivity index (χ0n) is 12.1. The van der Waals surface area contributed by atoms with Gasteiger partial charge in [0.1, 0.15) is 5.84 Å². The van der Waals surface area contributed by atoms with Gasteiger partial charge in [0.05, 0.1) is 24.2 Å². The van der Waals surface area contributed by atoms with Gasteiger partial charge in [-0.05, 0) is 12.1 Å². The number of fused-ring (bicyclic) bond motifs is 1. The number of nitrogens with one attached hydrogen (secondary N) is 1. The van der Waals surface area contributed by atoms with Gasteiger partial charge in [0, 0.05) is 36.7 Å². The molecule has 0 bridgehead atoms. The van der Waals surface area contributed by atoms with Gasteiger partial charge in [0.2, 0.25) is 0 Å². The average Bonchev–Trinajstić information content (AvgIpc) is 3.07. The highest BCUT2D eigenvalue weighted by Gasteiger charge is 2.18. The third-order valence-corrected chi connectivity index (χ3v) is 4.04. The van der Waals surface area contributed by atoms with Gasteiger partial charge >= 0.3 is 0 Å². The molecule has 1 aromatic carbocycles. The van der Waals surface area contributed by atoms with Crippen LogP contribution in [0.15, 0.2) is 33.9 Å². The highest BCUT2D eigenvalue weighted by atomic mass is 79.9. The molecule has 2 aromatic rings. The van der Waals surface area contributed by atoms with E-state index in [1.165, 1.54) is 0 Å². The number of aliphatic imine (C=N–C) groups is 1. The lowest BCUT2D eigenvalue weighted by Gasteiger charge is -2.08. The predicted molar refractivity (Wildman–Crippen MR) is 88.0 cm³/mol.